The predicted molar refractivity (Wildman–Crippen MR) is 102 cm³/mol. The Labute approximate surface area is 163 Å². The van der Waals surface area contributed by atoms with E-state index in [1.807, 2.05) is 0 Å². The first-order valence-electron chi connectivity index (χ1n) is 9.44. The van der Waals surface area contributed by atoms with Crippen LogP contribution in [-0.2, 0) is 0 Å². The SMILES string of the molecule is CCCC1CCC(c2ccc(C(=O)Oc3ccc(Cl)c(F)c3)c(F)c2)CC1. The molecule has 3 rings (SSSR count). The zero-order valence-corrected chi connectivity index (χ0v) is 16.1. The summed E-state index contributed by atoms with van der Waals surface area (Å²) in [6.45, 7) is 2.21. The lowest BCUT2D eigenvalue weighted by Crippen LogP contribution is -2.15. The lowest BCUT2D eigenvalue weighted by molar-refractivity contribution is 0.0729. The molecule has 0 spiro atoms. The Hall–Kier alpha value is -1.94. The van der Waals surface area contributed by atoms with Gasteiger partial charge in [-0.3, -0.25) is 0 Å². The third kappa shape index (κ3) is 4.86. The van der Waals surface area contributed by atoms with Crippen LogP contribution in [0.15, 0.2) is 36.4 Å². The summed E-state index contributed by atoms with van der Waals surface area (Å²) < 4.78 is 33.0. The van der Waals surface area contributed by atoms with Crippen molar-refractivity contribution < 1.29 is 18.3 Å². The molecular weight excluding hydrogens is 370 g/mol. The van der Waals surface area contributed by atoms with E-state index in [-0.39, 0.29) is 16.3 Å². The van der Waals surface area contributed by atoms with Crippen LogP contribution in [0.3, 0.4) is 0 Å². The highest BCUT2D eigenvalue weighted by atomic mass is 35.5. The molecule has 0 radical (unpaired) electrons. The number of ether oxygens (including phenoxy) is 1. The molecule has 1 fully saturated rings. The van der Waals surface area contributed by atoms with E-state index in [1.165, 1.54) is 49.9 Å². The van der Waals surface area contributed by atoms with Crippen molar-refractivity contribution >= 4 is 17.6 Å². The fourth-order valence-electron chi connectivity index (χ4n) is 3.85. The molecule has 2 aromatic rings. The summed E-state index contributed by atoms with van der Waals surface area (Å²) >= 11 is 5.60. The molecule has 0 amide bonds. The average Bonchev–Trinajstić information content (AvgIpc) is 2.65. The molecule has 27 heavy (non-hydrogen) atoms. The van der Waals surface area contributed by atoms with Crippen LogP contribution in [0, 0.1) is 17.6 Å². The molecule has 1 aliphatic rings. The second-order valence-electron chi connectivity index (χ2n) is 7.21. The number of hydrogen-bond acceptors (Lipinski definition) is 2. The average molecular weight is 393 g/mol. The minimum absolute atomic E-state index is 0.0142. The molecule has 0 atom stereocenters. The number of rotatable bonds is 5. The van der Waals surface area contributed by atoms with Gasteiger partial charge in [0.1, 0.15) is 17.4 Å². The van der Waals surface area contributed by atoms with Crippen molar-refractivity contribution in [2.75, 3.05) is 0 Å². The van der Waals surface area contributed by atoms with Gasteiger partial charge in [0, 0.05) is 6.07 Å². The zero-order chi connectivity index (χ0) is 19.4. The smallest absolute Gasteiger partial charge is 0.346 e. The van der Waals surface area contributed by atoms with Crippen LogP contribution in [0.4, 0.5) is 8.78 Å². The fraction of sp³-hybridized carbons (Fsp3) is 0.409. The van der Waals surface area contributed by atoms with Crippen LogP contribution in [-0.4, -0.2) is 5.97 Å². The lowest BCUT2D eigenvalue weighted by atomic mass is 9.77. The van der Waals surface area contributed by atoms with Crippen LogP contribution in [0.5, 0.6) is 5.75 Å². The lowest BCUT2D eigenvalue weighted by Gasteiger charge is -2.28. The fourth-order valence-corrected chi connectivity index (χ4v) is 3.96. The first-order chi connectivity index (χ1) is 13.0. The van der Waals surface area contributed by atoms with Crippen LogP contribution in [0.25, 0.3) is 0 Å². The van der Waals surface area contributed by atoms with Crippen molar-refractivity contribution in [3.63, 3.8) is 0 Å². The first kappa shape index (κ1) is 19.8. The number of carbonyl (C=O) groups excluding carboxylic acids is 1. The molecule has 0 bridgehead atoms. The Morgan fingerprint density at radius 3 is 2.44 bits per heavy atom. The number of halogens is 3. The number of benzene rings is 2. The summed E-state index contributed by atoms with van der Waals surface area (Å²) in [5.74, 6) is -1.06. The van der Waals surface area contributed by atoms with Crippen LogP contribution in [0.1, 0.15) is 67.3 Å². The highest BCUT2D eigenvalue weighted by Gasteiger charge is 2.23. The maximum absolute atomic E-state index is 14.5. The number of carbonyl (C=O) groups is 1. The van der Waals surface area contributed by atoms with Crippen LogP contribution in [0.2, 0.25) is 5.02 Å². The van der Waals surface area contributed by atoms with E-state index in [2.05, 4.69) is 6.92 Å². The Morgan fingerprint density at radius 2 is 1.81 bits per heavy atom. The minimum Gasteiger partial charge on any atom is -0.423 e. The van der Waals surface area contributed by atoms with Crippen LogP contribution < -0.4 is 4.74 Å². The van der Waals surface area contributed by atoms with Gasteiger partial charge in [0.25, 0.3) is 0 Å². The quantitative estimate of drug-likeness (QED) is 0.408. The molecule has 144 valence electrons. The number of esters is 1. The normalized spacial score (nSPS) is 19.7. The van der Waals surface area contributed by atoms with Gasteiger partial charge in [-0.2, -0.15) is 0 Å². The summed E-state index contributed by atoms with van der Waals surface area (Å²) in [6.07, 6.45) is 6.92. The third-order valence-electron chi connectivity index (χ3n) is 5.33. The molecule has 2 nitrogen and oxygen atoms in total. The van der Waals surface area contributed by atoms with Gasteiger partial charge in [0.05, 0.1) is 10.6 Å². The molecular formula is C22H23ClF2O2. The highest BCUT2D eigenvalue weighted by molar-refractivity contribution is 6.30. The van der Waals surface area contributed by atoms with Gasteiger partial charge in [-0.1, -0.05) is 37.4 Å². The topological polar surface area (TPSA) is 26.3 Å². The van der Waals surface area contributed by atoms with E-state index >= 15 is 0 Å². The van der Waals surface area contributed by atoms with E-state index in [4.69, 9.17) is 16.3 Å². The van der Waals surface area contributed by atoms with Gasteiger partial charge in [0.15, 0.2) is 0 Å². The number of hydrogen-bond donors (Lipinski definition) is 0. The van der Waals surface area contributed by atoms with E-state index < -0.39 is 17.6 Å². The standard InChI is InChI=1S/C22H23ClF2O2/c1-2-3-14-4-6-15(7-5-14)16-8-10-18(20(24)12-16)22(26)27-17-9-11-19(23)21(25)13-17/h8-15H,2-7H2,1H3. The Morgan fingerprint density at radius 1 is 1.07 bits per heavy atom. The van der Waals surface area contributed by atoms with E-state index in [9.17, 15) is 13.6 Å². The highest BCUT2D eigenvalue weighted by Crippen LogP contribution is 2.38. The molecule has 1 saturated carbocycles. The second-order valence-corrected chi connectivity index (χ2v) is 7.62. The van der Waals surface area contributed by atoms with Crippen molar-refractivity contribution in [2.45, 2.75) is 51.4 Å². The van der Waals surface area contributed by atoms with Crippen molar-refractivity contribution in [1.82, 2.24) is 0 Å². The maximum atomic E-state index is 14.5. The molecule has 1 aliphatic carbocycles. The Balaban J connectivity index is 1.67. The monoisotopic (exact) mass is 392 g/mol. The molecule has 0 heterocycles. The van der Waals surface area contributed by atoms with Gasteiger partial charge in [-0.25, -0.2) is 13.6 Å². The van der Waals surface area contributed by atoms with E-state index in [0.717, 1.165) is 30.4 Å². The Bertz CT molecular complexity index is 814. The summed E-state index contributed by atoms with van der Waals surface area (Å²) in [4.78, 5) is 12.2. The van der Waals surface area contributed by atoms with Gasteiger partial charge in [-0.05, 0) is 67.3 Å². The second kappa shape index (κ2) is 8.83. The van der Waals surface area contributed by atoms with Gasteiger partial charge >= 0.3 is 5.97 Å². The predicted octanol–water partition coefficient (Wildman–Crippen LogP) is 6.91. The largest absolute Gasteiger partial charge is 0.423 e. The maximum Gasteiger partial charge on any atom is 0.346 e. The van der Waals surface area contributed by atoms with Crippen molar-refractivity contribution in [2.24, 2.45) is 5.92 Å². The molecule has 0 N–H and O–H groups in total. The summed E-state index contributed by atoms with van der Waals surface area (Å²) in [7, 11) is 0. The molecule has 0 aliphatic heterocycles. The summed E-state index contributed by atoms with van der Waals surface area (Å²) in [6, 6.07) is 8.34. The zero-order valence-electron chi connectivity index (χ0n) is 15.3. The Kier molecular flexibility index (Phi) is 6.48. The van der Waals surface area contributed by atoms with Gasteiger partial charge < -0.3 is 4.74 Å². The molecule has 2 aromatic carbocycles. The molecule has 5 heteroatoms. The van der Waals surface area contributed by atoms with Crippen molar-refractivity contribution in [3.05, 3.63) is 64.2 Å². The van der Waals surface area contributed by atoms with Gasteiger partial charge in [-0.15, -0.1) is 0 Å². The molecule has 0 aromatic heterocycles. The van der Waals surface area contributed by atoms with Crippen molar-refractivity contribution in [1.29, 1.82) is 0 Å². The van der Waals surface area contributed by atoms with E-state index in [0.29, 0.717) is 5.92 Å². The minimum atomic E-state index is -0.854. The molecule has 0 saturated heterocycles. The summed E-state index contributed by atoms with van der Waals surface area (Å²) in [5, 5.41) is -0.0704. The van der Waals surface area contributed by atoms with Gasteiger partial charge in [0.2, 0.25) is 0 Å². The molecule has 0 unspecified atom stereocenters. The van der Waals surface area contributed by atoms with Crippen LogP contribution >= 0.6 is 11.6 Å². The van der Waals surface area contributed by atoms with E-state index in [1.54, 1.807) is 6.07 Å². The first-order valence-corrected chi connectivity index (χ1v) is 9.82. The third-order valence-corrected chi connectivity index (χ3v) is 5.64. The van der Waals surface area contributed by atoms with Crippen molar-refractivity contribution in [3.8, 4) is 5.75 Å². The summed E-state index contributed by atoms with van der Waals surface area (Å²) in [5.41, 5.74) is 0.769.